The number of sulfonamides is 1. The highest BCUT2D eigenvalue weighted by atomic mass is 32.2. The van der Waals surface area contributed by atoms with Crippen LogP contribution >= 0.6 is 0 Å². The number of carboxylic acid groups (broad SMARTS) is 1. The predicted octanol–water partition coefficient (Wildman–Crippen LogP) is 2.92. The van der Waals surface area contributed by atoms with Crippen LogP contribution in [-0.4, -0.2) is 53.8 Å². The lowest BCUT2D eigenvalue weighted by atomic mass is 10.1. The van der Waals surface area contributed by atoms with Crippen LogP contribution in [0.4, 0.5) is 14.9 Å². The van der Waals surface area contributed by atoms with Crippen molar-refractivity contribution in [2.75, 3.05) is 18.8 Å². The fraction of sp³-hybridized carbons (Fsp3) is 0.350. The monoisotopic (exact) mass is 467 g/mol. The number of hydrogen-bond acceptors (Lipinski definition) is 6. The second-order valence-electron chi connectivity index (χ2n) is 7.28. The molecule has 172 valence electrons. The van der Waals surface area contributed by atoms with E-state index in [1.54, 1.807) is 30.3 Å². The minimum Gasteiger partial charge on any atom is -0.487 e. The summed E-state index contributed by atoms with van der Waals surface area (Å²) in [7, 11) is -3.79. The molecule has 1 heterocycles. The van der Waals surface area contributed by atoms with Crippen LogP contribution in [0.1, 0.15) is 24.4 Å². The Morgan fingerprint density at radius 1 is 1.25 bits per heavy atom. The van der Waals surface area contributed by atoms with Crippen molar-refractivity contribution >= 4 is 21.8 Å². The third-order valence-corrected chi connectivity index (χ3v) is 7.00. The largest absolute Gasteiger partial charge is 0.487 e. The molecule has 0 radical (unpaired) electrons. The number of non-ortho nitro benzene ring substituents is 1. The Morgan fingerprint density at radius 3 is 2.47 bits per heavy atom. The number of piperidine rings is 1. The number of ether oxygens (including phenoxy) is 1. The lowest BCUT2D eigenvalue weighted by molar-refractivity contribution is -0.385. The average molecular weight is 467 g/mol. The molecule has 2 N–H and O–H groups in total. The highest BCUT2D eigenvalue weighted by molar-refractivity contribution is 7.89. The number of hydrogen-bond donors (Lipinski definition) is 2. The Labute approximate surface area is 183 Å². The third kappa shape index (κ3) is 5.92. The van der Waals surface area contributed by atoms with Crippen LogP contribution in [0.2, 0.25) is 0 Å². The van der Waals surface area contributed by atoms with Crippen LogP contribution in [0.5, 0.6) is 5.75 Å². The van der Waals surface area contributed by atoms with Gasteiger partial charge in [0.1, 0.15) is 6.10 Å². The summed E-state index contributed by atoms with van der Waals surface area (Å²) < 4.78 is 46.7. The van der Waals surface area contributed by atoms with Gasteiger partial charge < -0.3 is 15.2 Å². The van der Waals surface area contributed by atoms with Crippen molar-refractivity contribution in [1.29, 1.82) is 0 Å². The highest BCUT2D eigenvalue weighted by Gasteiger charge is 2.32. The first-order valence-corrected chi connectivity index (χ1v) is 11.4. The first-order valence-electron chi connectivity index (χ1n) is 9.78. The number of nitrogens with one attached hydrogen (secondary N) is 1. The summed E-state index contributed by atoms with van der Waals surface area (Å²) in [5.74, 6) is -1.43. The van der Waals surface area contributed by atoms with Gasteiger partial charge in [0.2, 0.25) is 10.0 Å². The van der Waals surface area contributed by atoms with E-state index in [-0.39, 0.29) is 31.7 Å². The van der Waals surface area contributed by atoms with Gasteiger partial charge in [-0.3, -0.25) is 10.1 Å². The molecule has 1 fully saturated rings. The summed E-state index contributed by atoms with van der Waals surface area (Å²) in [6.45, 7) is 0.242. The molecule has 1 amide bonds. The number of benzene rings is 2. The quantitative estimate of drug-likeness (QED) is 0.449. The summed E-state index contributed by atoms with van der Waals surface area (Å²) in [4.78, 5) is 21.1. The molecular weight excluding hydrogens is 445 g/mol. The number of nitro groups is 1. The summed E-state index contributed by atoms with van der Waals surface area (Å²) >= 11 is 0. The van der Waals surface area contributed by atoms with Crippen molar-refractivity contribution in [3.05, 3.63) is 70.0 Å². The molecule has 0 bridgehead atoms. The molecule has 0 spiro atoms. The van der Waals surface area contributed by atoms with Crippen LogP contribution < -0.4 is 10.1 Å². The molecule has 1 saturated heterocycles. The topological polar surface area (TPSA) is 139 Å². The van der Waals surface area contributed by atoms with E-state index >= 15 is 0 Å². The molecule has 1 aliphatic heterocycles. The average Bonchev–Trinajstić information content (AvgIpc) is 2.75. The molecule has 2 aromatic rings. The zero-order chi connectivity index (χ0) is 23.3. The molecule has 0 aromatic heterocycles. The van der Waals surface area contributed by atoms with E-state index in [1.165, 1.54) is 10.4 Å². The maximum Gasteiger partial charge on any atom is 0.405 e. The van der Waals surface area contributed by atoms with E-state index in [1.807, 2.05) is 0 Å². The summed E-state index contributed by atoms with van der Waals surface area (Å²) in [6.07, 6.45) is -1.21. The van der Waals surface area contributed by atoms with Crippen LogP contribution in [0, 0.1) is 15.9 Å². The van der Waals surface area contributed by atoms with Gasteiger partial charge in [-0.25, -0.2) is 21.9 Å². The smallest absolute Gasteiger partial charge is 0.405 e. The number of amides is 1. The van der Waals surface area contributed by atoms with Crippen LogP contribution in [0.25, 0.3) is 0 Å². The molecular formula is C20H22FN3O7S. The minimum absolute atomic E-state index is 0.121. The van der Waals surface area contributed by atoms with Crippen LogP contribution in [0.15, 0.2) is 48.5 Å². The molecule has 3 rings (SSSR count). The summed E-state index contributed by atoms with van der Waals surface area (Å²) in [5, 5.41) is 22.1. The van der Waals surface area contributed by atoms with Gasteiger partial charge in [0.25, 0.3) is 5.69 Å². The number of nitro benzene ring substituents is 1. The van der Waals surface area contributed by atoms with Crippen LogP contribution in [-0.2, 0) is 10.0 Å². The van der Waals surface area contributed by atoms with E-state index < -0.39 is 50.4 Å². The Bertz CT molecular complexity index is 1070. The summed E-state index contributed by atoms with van der Waals surface area (Å²) in [5.41, 5.74) is 0.143. The highest BCUT2D eigenvalue weighted by Crippen LogP contribution is 2.27. The van der Waals surface area contributed by atoms with Gasteiger partial charge in [0, 0.05) is 19.2 Å². The molecule has 0 unspecified atom stereocenters. The Kier molecular flexibility index (Phi) is 7.26. The second-order valence-corrected chi connectivity index (χ2v) is 9.29. The van der Waals surface area contributed by atoms with Crippen molar-refractivity contribution in [3.8, 4) is 5.75 Å². The van der Waals surface area contributed by atoms with Gasteiger partial charge in [0.05, 0.1) is 22.8 Å². The maximum atomic E-state index is 14.0. The van der Waals surface area contributed by atoms with E-state index in [2.05, 4.69) is 5.32 Å². The number of nitrogens with zero attached hydrogens (tertiary/aromatic N) is 2. The molecule has 0 saturated carbocycles. The van der Waals surface area contributed by atoms with Crippen molar-refractivity contribution in [2.45, 2.75) is 25.0 Å². The molecule has 0 aliphatic carbocycles. The Hall–Kier alpha value is -3.25. The van der Waals surface area contributed by atoms with Gasteiger partial charge in [0.15, 0.2) is 11.6 Å². The summed E-state index contributed by atoms with van der Waals surface area (Å²) in [6, 6.07) is 10.6. The van der Waals surface area contributed by atoms with Crippen molar-refractivity contribution < 1.29 is 32.4 Å². The molecule has 12 heteroatoms. The number of rotatable bonds is 8. The van der Waals surface area contributed by atoms with E-state index in [0.29, 0.717) is 5.56 Å². The predicted molar refractivity (Wildman–Crippen MR) is 112 cm³/mol. The van der Waals surface area contributed by atoms with Gasteiger partial charge >= 0.3 is 6.09 Å². The minimum atomic E-state index is -3.79. The van der Waals surface area contributed by atoms with Gasteiger partial charge in [-0.1, -0.05) is 30.3 Å². The number of carbonyl (C=O) groups is 1. The first-order chi connectivity index (χ1) is 15.2. The zero-order valence-electron chi connectivity index (χ0n) is 16.9. The molecule has 2 aromatic carbocycles. The Balaban J connectivity index is 1.62. The zero-order valence-corrected chi connectivity index (χ0v) is 17.7. The van der Waals surface area contributed by atoms with Gasteiger partial charge in [-0.2, -0.15) is 0 Å². The van der Waals surface area contributed by atoms with Crippen molar-refractivity contribution in [2.24, 2.45) is 0 Å². The van der Waals surface area contributed by atoms with Gasteiger partial charge in [-0.15, -0.1) is 0 Å². The lowest BCUT2D eigenvalue weighted by Crippen LogP contribution is -2.45. The lowest BCUT2D eigenvalue weighted by Gasteiger charge is -2.32. The van der Waals surface area contributed by atoms with Gasteiger partial charge in [-0.05, 0) is 24.5 Å². The van der Waals surface area contributed by atoms with Crippen molar-refractivity contribution in [1.82, 2.24) is 9.62 Å². The molecule has 1 atom stereocenters. The standard InChI is InChI=1S/C20H22FN3O7S/c21-17-12-15(24(27)28)6-7-19(17)31-16-8-10-23(11-9-16)32(29,30)13-18(22-20(25)26)14-4-2-1-3-5-14/h1-7,12,16,18,22H,8-11,13H2,(H,25,26)/t18-/m0/s1. The normalized spacial score (nSPS) is 16.3. The SMILES string of the molecule is O=C(O)N[C@@H](CS(=O)(=O)N1CCC(Oc2ccc([N+](=O)[O-])cc2F)CC1)c1ccccc1. The van der Waals surface area contributed by atoms with Crippen LogP contribution in [0.3, 0.4) is 0 Å². The number of halogens is 1. The van der Waals surface area contributed by atoms with E-state index in [0.717, 1.165) is 12.1 Å². The fourth-order valence-corrected chi connectivity index (χ4v) is 5.15. The Morgan fingerprint density at radius 2 is 1.91 bits per heavy atom. The van der Waals surface area contributed by atoms with Crippen molar-refractivity contribution in [3.63, 3.8) is 0 Å². The van der Waals surface area contributed by atoms with E-state index in [9.17, 15) is 27.7 Å². The van der Waals surface area contributed by atoms with E-state index in [4.69, 9.17) is 9.84 Å². The molecule has 10 nitrogen and oxygen atoms in total. The first kappa shape index (κ1) is 23.4. The maximum absolute atomic E-state index is 14.0. The molecule has 1 aliphatic rings. The second kappa shape index (κ2) is 9.92. The fourth-order valence-electron chi connectivity index (χ4n) is 3.48. The molecule has 32 heavy (non-hydrogen) atoms. The third-order valence-electron chi connectivity index (χ3n) is 5.09.